The van der Waals surface area contributed by atoms with E-state index < -0.39 is 0 Å². The molecule has 0 saturated carbocycles. The highest BCUT2D eigenvalue weighted by atomic mass is 16.1. The number of hydrogen-bond acceptors (Lipinski definition) is 4. The average molecular weight is 194 g/mol. The van der Waals surface area contributed by atoms with Crippen molar-refractivity contribution in [2.75, 3.05) is 31.1 Å². The molecular weight excluding hydrogens is 180 g/mol. The minimum atomic E-state index is -0.102. The first-order valence-corrected chi connectivity index (χ1v) is 4.87. The maximum Gasteiger partial charge on any atom is 0.290 e. The fraction of sp³-hybridized carbons (Fsp3) is 0.556. The van der Waals surface area contributed by atoms with Gasteiger partial charge in [-0.1, -0.05) is 0 Å². The van der Waals surface area contributed by atoms with Gasteiger partial charge < -0.3 is 15.2 Å². The summed E-state index contributed by atoms with van der Waals surface area (Å²) in [5.74, 6) is 0.538. The molecule has 1 aromatic heterocycles. The summed E-state index contributed by atoms with van der Waals surface area (Å²) >= 11 is 0. The average Bonchev–Trinajstić information content (AvgIpc) is 2.47. The van der Waals surface area contributed by atoms with Crippen LogP contribution in [0.3, 0.4) is 0 Å². The zero-order valence-electron chi connectivity index (χ0n) is 7.99. The summed E-state index contributed by atoms with van der Waals surface area (Å²) in [6.07, 6.45) is 4.23. The van der Waals surface area contributed by atoms with Crippen molar-refractivity contribution in [3.63, 3.8) is 0 Å². The molecule has 0 radical (unpaired) electrons. The number of nitrogens with one attached hydrogen (secondary N) is 2. The van der Waals surface area contributed by atoms with Crippen molar-refractivity contribution in [1.29, 1.82) is 0 Å². The molecule has 5 heteroatoms. The predicted octanol–water partition coefficient (Wildman–Crippen LogP) is -0.430. The highest BCUT2D eigenvalue weighted by molar-refractivity contribution is 5.35. The fourth-order valence-electron chi connectivity index (χ4n) is 1.63. The molecule has 0 aromatic carbocycles. The molecule has 2 rings (SSSR count). The van der Waals surface area contributed by atoms with Gasteiger partial charge in [0.15, 0.2) is 5.82 Å². The molecular formula is C9H14N4O. The molecule has 1 aliphatic heterocycles. The van der Waals surface area contributed by atoms with E-state index in [9.17, 15) is 4.79 Å². The van der Waals surface area contributed by atoms with Crippen molar-refractivity contribution in [1.82, 2.24) is 15.3 Å². The summed E-state index contributed by atoms with van der Waals surface area (Å²) in [5.41, 5.74) is -0.102. The first-order chi connectivity index (χ1) is 6.88. The molecule has 0 unspecified atom stereocenters. The third-order valence-corrected chi connectivity index (χ3v) is 2.33. The molecule has 0 bridgehead atoms. The summed E-state index contributed by atoms with van der Waals surface area (Å²) in [4.78, 5) is 20.2. The van der Waals surface area contributed by atoms with Crippen molar-refractivity contribution in [2.24, 2.45) is 0 Å². The molecule has 0 atom stereocenters. The first kappa shape index (κ1) is 9.21. The van der Waals surface area contributed by atoms with E-state index in [1.807, 2.05) is 4.90 Å². The van der Waals surface area contributed by atoms with Gasteiger partial charge in [-0.3, -0.25) is 4.79 Å². The second-order valence-corrected chi connectivity index (χ2v) is 3.33. The Balaban J connectivity index is 2.20. The Labute approximate surface area is 82.2 Å². The minimum absolute atomic E-state index is 0.102. The molecule has 0 spiro atoms. The summed E-state index contributed by atoms with van der Waals surface area (Å²) in [5, 5.41) is 3.28. The van der Waals surface area contributed by atoms with Crippen molar-refractivity contribution >= 4 is 5.82 Å². The zero-order chi connectivity index (χ0) is 9.80. The van der Waals surface area contributed by atoms with Gasteiger partial charge in [-0.05, 0) is 13.0 Å². The second-order valence-electron chi connectivity index (χ2n) is 3.33. The summed E-state index contributed by atoms with van der Waals surface area (Å²) in [7, 11) is 0. The first-order valence-electron chi connectivity index (χ1n) is 4.87. The topological polar surface area (TPSA) is 61.0 Å². The lowest BCUT2D eigenvalue weighted by Gasteiger charge is -2.19. The summed E-state index contributed by atoms with van der Waals surface area (Å²) in [6, 6.07) is 0. The molecule has 0 aliphatic carbocycles. The van der Waals surface area contributed by atoms with Crippen LogP contribution in [0.25, 0.3) is 0 Å². The Morgan fingerprint density at radius 1 is 1.36 bits per heavy atom. The Morgan fingerprint density at radius 2 is 2.29 bits per heavy atom. The maximum absolute atomic E-state index is 11.5. The van der Waals surface area contributed by atoms with Gasteiger partial charge in [-0.15, -0.1) is 0 Å². The molecule has 0 amide bonds. The quantitative estimate of drug-likeness (QED) is 0.637. The van der Waals surface area contributed by atoms with E-state index in [0.29, 0.717) is 5.82 Å². The normalized spacial score (nSPS) is 17.9. The van der Waals surface area contributed by atoms with Gasteiger partial charge in [-0.25, -0.2) is 4.98 Å². The van der Waals surface area contributed by atoms with Gasteiger partial charge in [0.05, 0.1) is 0 Å². The minimum Gasteiger partial charge on any atom is -0.351 e. The highest BCUT2D eigenvalue weighted by Crippen LogP contribution is 2.04. The van der Waals surface area contributed by atoms with Crippen LogP contribution >= 0.6 is 0 Å². The van der Waals surface area contributed by atoms with Gasteiger partial charge >= 0.3 is 0 Å². The van der Waals surface area contributed by atoms with Gasteiger partial charge in [0, 0.05) is 32.0 Å². The molecule has 1 aliphatic rings. The van der Waals surface area contributed by atoms with E-state index in [1.165, 1.54) is 0 Å². The lowest BCUT2D eigenvalue weighted by Crippen LogP contribution is -2.33. The summed E-state index contributed by atoms with van der Waals surface area (Å²) < 4.78 is 0. The van der Waals surface area contributed by atoms with Crippen LogP contribution in [0.1, 0.15) is 6.42 Å². The Kier molecular flexibility index (Phi) is 2.78. The lowest BCUT2D eigenvalue weighted by atomic mass is 10.4. The maximum atomic E-state index is 11.5. The van der Waals surface area contributed by atoms with E-state index in [2.05, 4.69) is 15.3 Å². The molecule has 1 aromatic rings. The van der Waals surface area contributed by atoms with Gasteiger partial charge in [-0.2, -0.15) is 0 Å². The van der Waals surface area contributed by atoms with Crippen LogP contribution in [0, 0.1) is 0 Å². The van der Waals surface area contributed by atoms with Crippen LogP contribution in [-0.4, -0.2) is 36.1 Å². The van der Waals surface area contributed by atoms with Crippen molar-refractivity contribution in [3.8, 4) is 0 Å². The standard InChI is InChI=1S/C9H14N4O/c14-9-8(11-3-4-12-9)13-6-1-2-10-5-7-13/h3-4,10H,1-2,5-7H2,(H,12,14). The Bertz CT molecular complexity index is 341. The molecule has 2 N–H and O–H groups in total. The molecule has 1 fully saturated rings. The smallest absolute Gasteiger partial charge is 0.290 e. The summed E-state index contributed by atoms with van der Waals surface area (Å²) in [6.45, 7) is 3.67. The molecule has 2 heterocycles. The Morgan fingerprint density at radius 3 is 3.14 bits per heavy atom. The fourth-order valence-corrected chi connectivity index (χ4v) is 1.63. The van der Waals surface area contributed by atoms with Crippen LogP contribution < -0.4 is 15.8 Å². The third kappa shape index (κ3) is 1.93. The molecule has 5 nitrogen and oxygen atoms in total. The van der Waals surface area contributed by atoms with Crippen molar-refractivity contribution in [2.45, 2.75) is 6.42 Å². The third-order valence-electron chi connectivity index (χ3n) is 2.33. The lowest BCUT2D eigenvalue weighted by molar-refractivity contribution is 0.724. The number of aromatic nitrogens is 2. The molecule has 14 heavy (non-hydrogen) atoms. The van der Waals surface area contributed by atoms with E-state index in [1.54, 1.807) is 12.4 Å². The van der Waals surface area contributed by atoms with E-state index in [4.69, 9.17) is 0 Å². The highest BCUT2D eigenvalue weighted by Gasteiger charge is 2.12. The van der Waals surface area contributed by atoms with Gasteiger partial charge in [0.25, 0.3) is 5.56 Å². The van der Waals surface area contributed by atoms with Crippen LogP contribution in [0.5, 0.6) is 0 Å². The van der Waals surface area contributed by atoms with Crippen molar-refractivity contribution in [3.05, 3.63) is 22.7 Å². The monoisotopic (exact) mass is 194 g/mol. The van der Waals surface area contributed by atoms with Crippen molar-refractivity contribution < 1.29 is 0 Å². The van der Waals surface area contributed by atoms with E-state index in [0.717, 1.165) is 32.6 Å². The van der Waals surface area contributed by atoms with Crippen LogP contribution in [0.4, 0.5) is 5.82 Å². The van der Waals surface area contributed by atoms with Gasteiger partial charge in [0.2, 0.25) is 0 Å². The molecule has 1 saturated heterocycles. The number of aromatic amines is 1. The van der Waals surface area contributed by atoms with Crippen LogP contribution in [-0.2, 0) is 0 Å². The largest absolute Gasteiger partial charge is 0.351 e. The van der Waals surface area contributed by atoms with E-state index in [-0.39, 0.29) is 5.56 Å². The zero-order valence-corrected chi connectivity index (χ0v) is 7.99. The van der Waals surface area contributed by atoms with Gasteiger partial charge in [0.1, 0.15) is 0 Å². The number of H-pyrrole nitrogens is 1. The Hall–Kier alpha value is -1.36. The second kappa shape index (κ2) is 4.23. The predicted molar refractivity (Wildman–Crippen MR) is 54.6 cm³/mol. The number of nitrogens with zero attached hydrogens (tertiary/aromatic N) is 2. The van der Waals surface area contributed by atoms with Crippen LogP contribution in [0.2, 0.25) is 0 Å². The number of anilines is 1. The molecule has 76 valence electrons. The SMILES string of the molecule is O=c1[nH]ccnc1N1CCCNCC1. The van der Waals surface area contributed by atoms with Crippen LogP contribution in [0.15, 0.2) is 17.2 Å². The van der Waals surface area contributed by atoms with E-state index >= 15 is 0 Å². The number of rotatable bonds is 1. The number of hydrogen-bond donors (Lipinski definition) is 2.